The van der Waals surface area contributed by atoms with Gasteiger partial charge in [0.05, 0.1) is 0 Å². The van der Waals surface area contributed by atoms with Crippen molar-refractivity contribution in [1.82, 2.24) is 4.90 Å². The average molecular weight is 156 g/mol. The summed E-state index contributed by atoms with van der Waals surface area (Å²) in [5, 5.41) is 0. The van der Waals surface area contributed by atoms with Gasteiger partial charge in [-0.3, -0.25) is 4.79 Å². The summed E-state index contributed by atoms with van der Waals surface area (Å²) in [7, 11) is 0. The van der Waals surface area contributed by atoms with Crippen LogP contribution in [-0.4, -0.2) is 30.4 Å². The largest absolute Gasteiger partial charge is 0.342 e. The molecule has 1 heterocycles. The molecular weight excluding hydrogens is 140 g/mol. The van der Waals surface area contributed by atoms with Crippen LogP contribution in [0.5, 0.6) is 0 Å². The summed E-state index contributed by atoms with van der Waals surface area (Å²) in [5.41, 5.74) is 5.50. The van der Waals surface area contributed by atoms with Crippen molar-refractivity contribution in [1.29, 1.82) is 0 Å². The van der Waals surface area contributed by atoms with Crippen LogP contribution in [0.1, 0.15) is 19.8 Å². The van der Waals surface area contributed by atoms with Crippen LogP contribution in [0.4, 0.5) is 0 Å². The molecule has 0 aromatic heterocycles. The molecule has 3 nitrogen and oxygen atoms in total. The fraction of sp³-hybridized carbons (Fsp3) is 0.875. The van der Waals surface area contributed by atoms with E-state index in [1.807, 2.05) is 11.8 Å². The van der Waals surface area contributed by atoms with Gasteiger partial charge < -0.3 is 10.6 Å². The molecule has 3 heteroatoms. The van der Waals surface area contributed by atoms with E-state index in [2.05, 4.69) is 0 Å². The van der Waals surface area contributed by atoms with Crippen molar-refractivity contribution in [2.75, 3.05) is 19.6 Å². The molecule has 0 aliphatic carbocycles. The van der Waals surface area contributed by atoms with Crippen molar-refractivity contribution in [3.05, 3.63) is 0 Å². The van der Waals surface area contributed by atoms with Crippen molar-refractivity contribution in [3.8, 4) is 0 Å². The lowest BCUT2D eigenvalue weighted by Gasteiger charge is -2.14. The zero-order valence-electron chi connectivity index (χ0n) is 7.05. The van der Waals surface area contributed by atoms with Gasteiger partial charge in [-0.15, -0.1) is 0 Å². The number of carbonyl (C=O) groups is 1. The van der Waals surface area contributed by atoms with E-state index in [-0.39, 0.29) is 5.91 Å². The first kappa shape index (κ1) is 8.53. The van der Waals surface area contributed by atoms with Crippen molar-refractivity contribution in [2.45, 2.75) is 19.8 Å². The summed E-state index contributed by atoms with van der Waals surface area (Å²) in [6, 6.07) is 0. The Hall–Kier alpha value is -0.570. The number of amides is 1. The first-order valence-corrected chi connectivity index (χ1v) is 4.25. The molecule has 64 valence electrons. The van der Waals surface area contributed by atoms with Crippen LogP contribution in [0.3, 0.4) is 0 Å². The van der Waals surface area contributed by atoms with E-state index in [0.717, 1.165) is 19.5 Å². The topological polar surface area (TPSA) is 46.3 Å². The van der Waals surface area contributed by atoms with Gasteiger partial charge in [-0.2, -0.15) is 0 Å². The molecule has 0 bridgehead atoms. The number of nitrogens with two attached hydrogens (primary N) is 1. The van der Waals surface area contributed by atoms with Gasteiger partial charge in [-0.25, -0.2) is 0 Å². The van der Waals surface area contributed by atoms with Crippen LogP contribution in [0.15, 0.2) is 0 Å². The van der Waals surface area contributed by atoms with Crippen LogP contribution in [0, 0.1) is 5.92 Å². The number of carbonyl (C=O) groups excluding carboxylic acids is 1. The zero-order chi connectivity index (χ0) is 8.27. The number of hydrogen-bond acceptors (Lipinski definition) is 2. The number of likely N-dealkylation sites (tertiary alicyclic amines) is 1. The van der Waals surface area contributed by atoms with E-state index in [1.54, 1.807) is 0 Å². The minimum absolute atomic E-state index is 0.265. The van der Waals surface area contributed by atoms with E-state index in [1.165, 1.54) is 0 Å². The second-order valence-electron chi connectivity index (χ2n) is 3.08. The monoisotopic (exact) mass is 156 g/mol. The molecule has 0 aromatic carbocycles. The highest BCUT2D eigenvalue weighted by atomic mass is 16.2. The second kappa shape index (κ2) is 3.72. The normalized spacial score (nSPS) is 24.2. The average Bonchev–Trinajstić information content (AvgIpc) is 2.50. The Morgan fingerprint density at radius 2 is 2.45 bits per heavy atom. The highest BCUT2D eigenvalue weighted by molar-refractivity contribution is 5.76. The lowest BCUT2D eigenvalue weighted by molar-refractivity contribution is -0.129. The summed E-state index contributed by atoms with van der Waals surface area (Å²) in [4.78, 5) is 13.1. The quantitative estimate of drug-likeness (QED) is 0.621. The van der Waals surface area contributed by atoms with Gasteiger partial charge in [-0.05, 0) is 18.9 Å². The van der Waals surface area contributed by atoms with E-state index < -0.39 is 0 Å². The van der Waals surface area contributed by atoms with Gasteiger partial charge in [0.15, 0.2) is 0 Å². The maximum Gasteiger partial charge on any atom is 0.222 e. The lowest BCUT2D eigenvalue weighted by Crippen LogP contribution is -2.28. The molecule has 1 aliphatic rings. The number of nitrogens with zero attached hydrogens (tertiary/aromatic N) is 1. The summed E-state index contributed by atoms with van der Waals surface area (Å²) >= 11 is 0. The third-order valence-electron chi connectivity index (χ3n) is 2.27. The molecule has 1 aliphatic heterocycles. The predicted molar refractivity (Wildman–Crippen MR) is 44.0 cm³/mol. The summed E-state index contributed by atoms with van der Waals surface area (Å²) < 4.78 is 0. The third kappa shape index (κ3) is 1.93. The lowest BCUT2D eigenvalue weighted by atomic mass is 10.1. The van der Waals surface area contributed by atoms with E-state index in [4.69, 9.17) is 5.73 Å². The maximum atomic E-state index is 11.2. The Morgan fingerprint density at radius 1 is 1.73 bits per heavy atom. The number of rotatable bonds is 2. The van der Waals surface area contributed by atoms with Crippen molar-refractivity contribution >= 4 is 5.91 Å². The smallest absolute Gasteiger partial charge is 0.222 e. The molecule has 1 fully saturated rings. The van der Waals surface area contributed by atoms with E-state index >= 15 is 0 Å². The van der Waals surface area contributed by atoms with Crippen LogP contribution in [0.2, 0.25) is 0 Å². The van der Waals surface area contributed by atoms with E-state index in [9.17, 15) is 4.79 Å². The highest BCUT2D eigenvalue weighted by Gasteiger charge is 2.23. The standard InChI is InChI=1S/C8H16N2O/c1-2-8(11)10-4-3-7(5-9)6-10/h7H,2-6,9H2,1H3. The predicted octanol–water partition coefficient (Wildman–Crippen LogP) is 0.204. The van der Waals surface area contributed by atoms with Gasteiger partial charge in [0.25, 0.3) is 0 Å². The molecule has 1 unspecified atom stereocenters. The van der Waals surface area contributed by atoms with Gasteiger partial charge in [-0.1, -0.05) is 6.92 Å². The third-order valence-corrected chi connectivity index (χ3v) is 2.27. The van der Waals surface area contributed by atoms with Gasteiger partial charge in [0.1, 0.15) is 0 Å². The second-order valence-corrected chi connectivity index (χ2v) is 3.08. The van der Waals surface area contributed by atoms with Crippen LogP contribution < -0.4 is 5.73 Å². The van der Waals surface area contributed by atoms with Crippen LogP contribution in [0.25, 0.3) is 0 Å². The van der Waals surface area contributed by atoms with Crippen LogP contribution >= 0.6 is 0 Å². The Morgan fingerprint density at radius 3 is 2.91 bits per heavy atom. The fourth-order valence-corrected chi connectivity index (χ4v) is 1.48. The van der Waals surface area contributed by atoms with Crippen molar-refractivity contribution < 1.29 is 4.79 Å². The number of hydrogen-bond donors (Lipinski definition) is 1. The van der Waals surface area contributed by atoms with Gasteiger partial charge in [0.2, 0.25) is 5.91 Å². The SMILES string of the molecule is CCC(=O)N1CCC(CN)C1. The first-order valence-electron chi connectivity index (χ1n) is 4.25. The maximum absolute atomic E-state index is 11.2. The molecule has 0 spiro atoms. The van der Waals surface area contributed by atoms with Gasteiger partial charge in [0, 0.05) is 19.5 Å². The molecule has 0 saturated carbocycles. The molecule has 2 N–H and O–H groups in total. The van der Waals surface area contributed by atoms with Gasteiger partial charge >= 0.3 is 0 Å². The first-order chi connectivity index (χ1) is 5.27. The Balaban J connectivity index is 2.35. The Bertz CT molecular complexity index is 147. The van der Waals surface area contributed by atoms with E-state index in [0.29, 0.717) is 18.9 Å². The molecular formula is C8H16N2O. The molecule has 1 saturated heterocycles. The molecule has 11 heavy (non-hydrogen) atoms. The molecule has 0 radical (unpaired) electrons. The highest BCUT2D eigenvalue weighted by Crippen LogP contribution is 2.15. The Kier molecular flexibility index (Phi) is 2.88. The molecule has 1 atom stereocenters. The zero-order valence-corrected chi connectivity index (χ0v) is 7.05. The summed E-state index contributed by atoms with van der Waals surface area (Å²) in [6.45, 7) is 4.41. The molecule has 0 aromatic rings. The Labute approximate surface area is 67.5 Å². The van der Waals surface area contributed by atoms with Crippen molar-refractivity contribution in [3.63, 3.8) is 0 Å². The minimum atomic E-state index is 0.265. The van der Waals surface area contributed by atoms with Crippen molar-refractivity contribution in [2.24, 2.45) is 11.7 Å². The van der Waals surface area contributed by atoms with Crippen LogP contribution in [-0.2, 0) is 4.79 Å². The minimum Gasteiger partial charge on any atom is -0.342 e. The fourth-order valence-electron chi connectivity index (χ4n) is 1.48. The molecule has 1 rings (SSSR count). The summed E-state index contributed by atoms with van der Waals surface area (Å²) in [5.74, 6) is 0.812. The summed E-state index contributed by atoms with van der Waals surface area (Å²) in [6.07, 6.45) is 1.71. The molecule has 1 amide bonds.